The van der Waals surface area contributed by atoms with Gasteiger partial charge in [-0.15, -0.1) is 0 Å². The first-order valence-corrected chi connectivity index (χ1v) is 8.68. The second-order valence-corrected chi connectivity index (χ2v) is 7.34. The third kappa shape index (κ3) is 2.56. The summed E-state index contributed by atoms with van der Waals surface area (Å²) < 4.78 is 42.5. The molecule has 1 aromatic rings. The minimum Gasteiger partial charge on any atom is -0.785 e. The van der Waals surface area contributed by atoms with E-state index < -0.39 is 12.1 Å². The van der Waals surface area contributed by atoms with Crippen molar-refractivity contribution in [1.82, 2.24) is 5.06 Å². The average Bonchev–Trinajstić information content (AvgIpc) is 2.58. The number of rotatable bonds is 1. The van der Waals surface area contributed by atoms with Gasteiger partial charge < -0.3 is 15.0 Å². The van der Waals surface area contributed by atoms with Crippen molar-refractivity contribution in [3.8, 4) is 5.75 Å². The number of hydrogen-bond acceptors (Lipinski definition) is 4. The molecule has 3 atom stereocenters. The van der Waals surface area contributed by atoms with Crippen molar-refractivity contribution in [1.29, 1.82) is 0 Å². The Morgan fingerprint density at radius 3 is 2.84 bits per heavy atom. The highest BCUT2D eigenvalue weighted by atomic mass is 19.4. The van der Waals surface area contributed by atoms with Gasteiger partial charge in [-0.3, -0.25) is 0 Å². The van der Waals surface area contributed by atoms with Crippen molar-refractivity contribution in [2.24, 2.45) is 5.92 Å². The van der Waals surface area contributed by atoms with E-state index >= 15 is 0 Å². The fourth-order valence-electron chi connectivity index (χ4n) is 5.23. The Labute approximate surface area is 143 Å². The maximum Gasteiger partial charge on any atom is 0.491 e. The summed E-state index contributed by atoms with van der Waals surface area (Å²) in [5.74, 6) is -2.04. The normalized spacial score (nSPS) is 31.8. The molecule has 1 aliphatic heterocycles. The molecule has 2 bridgehead atoms. The van der Waals surface area contributed by atoms with E-state index in [0.29, 0.717) is 24.9 Å². The van der Waals surface area contributed by atoms with Gasteiger partial charge in [-0.2, -0.15) is 13.2 Å². The Balaban J connectivity index is 1.78. The lowest BCUT2D eigenvalue weighted by atomic mass is 9.52. The Bertz CT molecular complexity index is 705. The fraction of sp³-hybridized carbons (Fsp3) is 0.611. The number of nitrogens with zero attached hydrogens (tertiary/aromatic N) is 1. The van der Waals surface area contributed by atoms with E-state index in [2.05, 4.69) is 4.74 Å². The molecule has 1 aromatic carbocycles. The number of benzene rings is 1. The number of ether oxygens (including phenoxy) is 1. The van der Waals surface area contributed by atoms with E-state index in [1.807, 2.05) is 6.07 Å². The van der Waals surface area contributed by atoms with Crippen LogP contribution in [-0.4, -0.2) is 29.8 Å². The van der Waals surface area contributed by atoms with Crippen molar-refractivity contribution in [3.63, 3.8) is 0 Å². The summed E-state index contributed by atoms with van der Waals surface area (Å²) in [7, 11) is 0. The number of hydroxylamine groups is 2. The highest BCUT2D eigenvalue weighted by Crippen LogP contribution is 2.56. The van der Waals surface area contributed by atoms with Crippen LogP contribution in [0.5, 0.6) is 5.75 Å². The molecular formula is C18H19F3NO3-. The SMILES string of the molecule is O=C(Oc1cccc2c1C[C@@H]1[C@@H]3CCCC[C@]23CCN1[O-])C(F)(F)F. The van der Waals surface area contributed by atoms with Gasteiger partial charge >= 0.3 is 12.1 Å². The van der Waals surface area contributed by atoms with Crippen molar-refractivity contribution < 1.29 is 22.7 Å². The summed E-state index contributed by atoms with van der Waals surface area (Å²) in [4.78, 5) is 11.3. The lowest BCUT2D eigenvalue weighted by molar-refractivity contribution is -0.189. The highest BCUT2D eigenvalue weighted by Gasteiger charge is 2.53. The van der Waals surface area contributed by atoms with Crippen LogP contribution in [0.25, 0.3) is 0 Å². The smallest absolute Gasteiger partial charge is 0.491 e. The summed E-state index contributed by atoms with van der Waals surface area (Å²) in [5.41, 5.74) is 1.41. The first kappa shape index (κ1) is 16.8. The molecule has 7 heteroatoms. The Morgan fingerprint density at radius 2 is 2.08 bits per heavy atom. The van der Waals surface area contributed by atoms with Crippen LogP contribution >= 0.6 is 0 Å². The third-order valence-electron chi connectivity index (χ3n) is 6.23. The topological polar surface area (TPSA) is 52.6 Å². The summed E-state index contributed by atoms with van der Waals surface area (Å²) >= 11 is 0. The second kappa shape index (κ2) is 5.71. The zero-order chi connectivity index (χ0) is 17.8. The summed E-state index contributed by atoms with van der Waals surface area (Å²) in [6, 6.07) is 4.75. The van der Waals surface area contributed by atoms with Gasteiger partial charge in [-0.05, 0) is 49.8 Å². The zero-order valence-electron chi connectivity index (χ0n) is 13.6. The molecule has 2 fully saturated rings. The van der Waals surface area contributed by atoms with Crippen LogP contribution in [0.3, 0.4) is 0 Å². The van der Waals surface area contributed by atoms with Crippen LogP contribution in [0.1, 0.15) is 43.2 Å². The molecule has 0 spiro atoms. The minimum absolute atomic E-state index is 0.0523. The molecule has 0 unspecified atom stereocenters. The molecule has 0 aromatic heterocycles. The molecule has 3 aliphatic rings. The number of alkyl halides is 3. The fourth-order valence-corrected chi connectivity index (χ4v) is 5.23. The standard InChI is InChI=1S/C18H19F3NO3/c19-18(20,21)16(23)25-15-6-3-5-12-11(15)10-14-13-4-1-2-7-17(12,13)8-9-22(14)24/h3,5-6,13-14H,1-2,4,7-10H2/q-1/t13-,14+,17-/m0/s1. The van der Waals surface area contributed by atoms with Gasteiger partial charge in [0.05, 0.1) is 0 Å². The predicted molar refractivity (Wildman–Crippen MR) is 84.0 cm³/mol. The first-order chi connectivity index (χ1) is 11.8. The number of carbonyl (C=O) groups is 1. The highest BCUT2D eigenvalue weighted by molar-refractivity contribution is 5.78. The van der Waals surface area contributed by atoms with Gasteiger partial charge in [0.1, 0.15) is 5.75 Å². The van der Waals surface area contributed by atoms with Gasteiger partial charge in [0.2, 0.25) is 0 Å². The summed E-state index contributed by atoms with van der Waals surface area (Å²) in [5, 5.41) is 13.5. The maximum atomic E-state index is 12.6. The van der Waals surface area contributed by atoms with Gasteiger partial charge in [-0.25, -0.2) is 4.79 Å². The lowest BCUT2D eigenvalue weighted by Crippen LogP contribution is -2.59. The summed E-state index contributed by atoms with van der Waals surface area (Å²) in [6.07, 6.45) is 0.0431. The molecule has 0 N–H and O–H groups in total. The van der Waals surface area contributed by atoms with Crippen LogP contribution in [0.2, 0.25) is 0 Å². The molecular weight excluding hydrogens is 335 g/mol. The number of halogens is 3. The van der Waals surface area contributed by atoms with Crippen LogP contribution in [0, 0.1) is 11.1 Å². The number of carbonyl (C=O) groups excluding carboxylic acids is 1. The number of esters is 1. The Hall–Kier alpha value is -1.60. The molecule has 4 rings (SSSR count). The van der Waals surface area contributed by atoms with E-state index in [9.17, 15) is 23.2 Å². The molecule has 1 saturated heterocycles. The van der Waals surface area contributed by atoms with Crippen LogP contribution in [0.15, 0.2) is 18.2 Å². The molecule has 0 amide bonds. The predicted octanol–water partition coefficient (Wildman–Crippen LogP) is 3.71. The van der Waals surface area contributed by atoms with Gasteiger partial charge in [0, 0.05) is 17.0 Å². The third-order valence-corrected chi connectivity index (χ3v) is 6.23. The van der Waals surface area contributed by atoms with E-state index in [1.54, 1.807) is 6.07 Å². The average molecular weight is 354 g/mol. The van der Waals surface area contributed by atoms with Gasteiger partial charge in [0.15, 0.2) is 0 Å². The van der Waals surface area contributed by atoms with Crippen LogP contribution in [0.4, 0.5) is 13.2 Å². The number of fused-ring (bicyclic) bond motifs is 1. The van der Waals surface area contributed by atoms with E-state index in [1.165, 1.54) is 6.07 Å². The van der Waals surface area contributed by atoms with E-state index in [0.717, 1.165) is 36.3 Å². The van der Waals surface area contributed by atoms with Crippen molar-refractivity contribution >= 4 is 5.97 Å². The number of hydrogen-bond donors (Lipinski definition) is 0. The maximum absolute atomic E-state index is 12.6. The molecule has 1 saturated carbocycles. The van der Waals surface area contributed by atoms with Gasteiger partial charge in [0.25, 0.3) is 0 Å². The number of piperidine rings is 1. The zero-order valence-corrected chi connectivity index (χ0v) is 13.6. The Morgan fingerprint density at radius 1 is 1.28 bits per heavy atom. The largest absolute Gasteiger partial charge is 0.785 e. The lowest BCUT2D eigenvalue weighted by Gasteiger charge is -2.61. The first-order valence-electron chi connectivity index (χ1n) is 8.68. The molecule has 2 aliphatic carbocycles. The quantitative estimate of drug-likeness (QED) is 0.570. The second-order valence-electron chi connectivity index (χ2n) is 7.34. The Kier molecular flexibility index (Phi) is 3.85. The molecule has 4 nitrogen and oxygen atoms in total. The summed E-state index contributed by atoms with van der Waals surface area (Å²) in [6.45, 7) is 0.452. The molecule has 1 heterocycles. The molecule has 136 valence electrons. The van der Waals surface area contributed by atoms with Crippen molar-refractivity contribution in [3.05, 3.63) is 34.5 Å². The van der Waals surface area contributed by atoms with Crippen LogP contribution in [-0.2, 0) is 16.6 Å². The van der Waals surface area contributed by atoms with E-state index in [4.69, 9.17) is 0 Å². The van der Waals surface area contributed by atoms with E-state index in [-0.39, 0.29) is 23.1 Å². The van der Waals surface area contributed by atoms with Crippen LogP contribution < -0.4 is 4.74 Å². The van der Waals surface area contributed by atoms with Gasteiger partial charge in [-0.1, -0.05) is 25.0 Å². The monoisotopic (exact) mass is 354 g/mol. The minimum atomic E-state index is -5.04. The molecule has 25 heavy (non-hydrogen) atoms. The van der Waals surface area contributed by atoms with Crippen molar-refractivity contribution in [2.45, 2.75) is 56.2 Å². The van der Waals surface area contributed by atoms with Crippen molar-refractivity contribution in [2.75, 3.05) is 6.54 Å². The molecule has 0 radical (unpaired) electrons.